The Kier molecular flexibility index (Phi) is 3.29. The van der Waals surface area contributed by atoms with Crippen LogP contribution in [0.25, 0.3) is 0 Å². The molecule has 0 bridgehead atoms. The van der Waals surface area contributed by atoms with E-state index in [1.165, 1.54) is 0 Å². The van der Waals surface area contributed by atoms with Crippen LogP contribution >= 0.6 is 32.2 Å². The van der Waals surface area contributed by atoms with Crippen LogP contribution in [0.1, 0.15) is 0 Å². The van der Waals surface area contributed by atoms with Crippen molar-refractivity contribution in [2.24, 2.45) is 0 Å². The lowest BCUT2D eigenvalue weighted by Gasteiger charge is -1.86. The van der Waals surface area contributed by atoms with Gasteiger partial charge in [0.15, 0.2) is 16.3 Å². The number of rotatable bonds is 1. The van der Waals surface area contributed by atoms with E-state index in [0.717, 1.165) is 0 Å². The number of hydrogen-bond acceptors (Lipinski definition) is 2. The van der Waals surface area contributed by atoms with Gasteiger partial charge in [0, 0.05) is 0 Å². The summed E-state index contributed by atoms with van der Waals surface area (Å²) in [7, 11) is 0. The van der Waals surface area contributed by atoms with Gasteiger partial charge in [0.1, 0.15) is 0 Å². The van der Waals surface area contributed by atoms with Crippen molar-refractivity contribution in [3.63, 3.8) is 0 Å². The van der Waals surface area contributed by atoms with Crippen molar-refractivity contribution in [2.45, 2.75) is 0 Å². The highest BCUT2D eigenvalue weighted by atomic mass is 79.9. The summed E-state index contributed by atoms with van der Waals surface area (Å²) in [5, 5.41) is 0. The second kappa shape index (κ2) is 3.21. The van der Waals surface area contributed by atoms with E-state index in [4.69, 9.17) is 0 Å². The highest BCUT2D eigenvalue weighted by Gasteiger charge is 1.99. The summed E-state index contributed by atoms with van der Waals surface area (Å²) in [6, 6.07) is 0. The van der Waals surface area contributed by atoms with Gasteiger partial charge in [0.25, 0.3) is 0 Å². The van der Waals surface area contributed by atoms with Gasteiger partial charge < -0.3 is 3.83 Å². The third-order valence-corrected chi connectivity index (χ3v) is 0.909. The van der Waals surface area contributed by atoms with Crippen molar-refractivity contribution in [1.29, 1.82) is 0 Å². The highest BCUT2D eigenvalue weighted by molar-refractivity contribution is 9.12. The first-order valence-corrected chi connectivity index (χ1v) is 2.80. The van der Waals surface area contributed by atoms with Crippen LogP contribution in [-0.2, 0) is 8.62 Å². The zero-order valence-electron chi connectivity index (χ0n) is 3.28. The molecule has 0 saturated heterocycles. The van der Waals surface area contributed by atoms with Crippen LogP contribution in [0.3, 0.4) is 0 Å². The van der Waals surface area contributed by atoms with E-state index in [9.17, 15) is 4.79 Å². The molecule has 0 unspecified atom stereocenters. The van der Waals surface area contributed by atoms with Crippen molar-refractivity contribution in [3.8, 4) is 0 Å². The van der Waals surface area contributed by atoms with Crippen molar-refractivity contribution in [3.05, 3.63) is 11.1 Å². The van der Waals surface area contributed by atoms with Crippen LogP contribution in [0.15, 0.2) is 11.1 Å². The van der Waals surface area contributed by atoms with Crippen molar-refractivity contribution >= 4 is 38.2 Å². The molecule has 0 spiro atoms. The number of carbonyl (C=O) groups is 1. The molecule has 0 radical (unpaired) electrons. The fraction of sp³-hybridized carbons (Fsp3) is 0. The van der Waals surface area contributed by atoms with Crippen molar-refractivity contribution < 1.29 is 8.62 Å². The molecule has 0 N–H and O–H groups in total. The minimum Gasteiger partial charge on any atom is -0.380 e. The van der Waals surface area contributed by atoms with Crippen LogP contribution in [0.2, 0.25) is 0 Å². The Bertz CT molecular complexity index is 99.1. The Morgan fingerprint density at radius 1 is 1.71 bits per heavy atom. The lowest BCUT2D eigenvalue weighted by atomic mass is 10.7. The quantitative estimate of drug-likeness (QED) is 0.641. The van der Waals surface area contributed by atoms with Gasteiger partial charge in [0.2, 0.25) is 0 Å². The maximum atomic E-state index is 10.1. The summed E-state index contributed by atoms with van der Waals surface area (Å²) in [5.74, 6) is -0.514. The molecule has 0 aliphatic carbocycles. The summed E-state index contributed by atoms with van der Waals surface area (Å²) in [6.07, 6.45) is 0. The van der Waals surface area contributed by atoms with Crippen LogP contribution in [0.4, 0.5) is 0 Å². The van der Waals surface area contributed by atoms with Gasteiger partial charge in [-0.25, -0.2) is 4.79 Å². The van der Waals surface area contributed by atoms with E-state index >= 15 is 0 Å². The fourth-order valence-electron chi connectivity index (χ4n) is 0.0419. The molecule has 40 valence electrons. The molecule has 0 aliphatic rings. The minimum absolute atomic E-state index is 0.198. The predicted molar refractivity (Wildman–Crippen MR) is 33.1 cm³/mol. The largest absolute Gasteiger partial charge is 0.380 e. The summed E-state index contributed by atoms with van der Waals surface area (Å²) in [4.78, 5) is 10.1. The topological polar surface area (TPSA) is 26.3 Å². The first kappa shape index (κ1) is 7.17. The molecular formula is C3H2Br2O2. The summed E-state index contributed by atoms with van der Waals surface area (Å²) < 4.78 is 4.24. The van der Waals surface area contributed by atoms with Crippen LogP contribution in [0, 0.1) is 0 Å². The molecule has 0 amide bonds. The minimum atomic E-state index is -0.514. The first-order valence-electron chi connectivity index (χ1n) is 1.36. The van der Waals surface area contributed by atoms with Gasteiger partial charge in [-0.15, -0.1) is 0 Å². The first-order chi connectivity index (χ1) is 3.18. The Morgan fingerprint density at radius 3 is 2.14 bits per heavy atom. The Balaban J connectivity index is 3.58. The van der Waals surface area contributed by atoms with Gasteiger partial charge in [-0.3, -0.25) is 0 Å². The van der Waals surface area contributed by atoms with Crippen molar-refractivity contribution in [1.82, 2.24) is 0 Å². The lowest BCUT2D eigenvalue weighted by molar-refractivity contribution is -0.127. The molecule has 0 aromatic carbocycles. The van der Waals surface area contributed by atoms with Crippen LogP contribution < -0.4 is 0 Å². The van der Waals surface area contributed by atoms with E-state index in [2.05, 4.69) is 42.6 Å². The number of carbonyl (C=O) groups excluding carboxylic acids is 1. The van der Waals surface area contributed by atoms with E-state index in [1.807, 2.05) is 0 Å². The fourth-order valence-corrected chi connectivity index (χ4v) is 0.535. The SMILES string of the molecule is C=C(Br)C(=O)OBr. The molecule has 0 saturated carbocycles. The second-order valence-corrected chi connectivity index (χ2v) is 2.05. The molecule has 7 heavy (non-hydrogen) atoms. The molecule has 4 heteroatoms. The molecule has 0 fully saturated rings. The number of halogens is 2. The van der Waals surface area contributed by atoms with Crippen LogP contribution in [0.5, 0.6) is 0 Å². The average molecular weight is 230 g/mol. The maximum Gasteiger partial charge on any atom is 0.356 e. The summed E-state index contributed by atoms with van der Waals surface area (Å²) in [5.41, 5.74) is 0. The van der Waals surface area contributed by atoms with Crippen LogP contribution in [-0.4, -0.2) is 5.97 Å². The third-order valence-electron chi connectivity index (χ3n) is 0.292. The molecule has 0 aromatic rings. The molecule has 0 aliphatic heterocycles. The second-order valence-electron chi connectivity index (χ2n) is 0.770. The molecule has 0 heterocycles. The predicted octanol–water partition coefficient (Wildman–Crippen LogP) is 1.75. The zero-order valence-corrected chi connectivity index (χ0v) is 6.45. The molecule has 2 nitrogen and oxygen atoms in total. The van der Waals surface area contributed by atoms with E-state index < -0.39 is 5.97 Å². The molecular weight excluding hydrogens is 228 g/mol. The zero-order chi connectivity index (χ0) is 5.86. The van der Waals surface area contributed by atoms with Gasteiger partial charge in [0.05, 0.1) is 4.48 Å². The van der Waals surface area contributed by atoms with E-state index in [1.54, 1.807) is 0 Å². The van der Waals surface area contributed by atoms with Gasteiger partial charge >= 0.3 is 5.97 Å². The average Bonchev–Trinajstić information content (AvgIpc) is 1.65. The summed E-state index contributed by atoms with van der Waals surface area (Å²) >= 11 is 5.28. The highest BCUT2D eigenvalue weighted by Crippen LogP contribution is 2.04. The van der Waals surface area contributed by atoms with Crippen molar-refractivity contribution in [2.75, 3.05) is 0 Å². The van der Waals surface area contributed by atoms with E-state index in [0.29, 0.717) is 0 Å². The normalized spacial score (nSPS) is 7.71. The third kappa shape index (κ3) is 2.82. The molecule has 0 aromatic heterocycles. The van der Waals surface area contributed by atoms with Gasteiger partial charge in [-0.2, -0.15) is 0 Å². The van der Waals surface area contributed by atoms with Gasteiger partial charge in [-0.05, 0) is 15.9 Å². The Hall–Kier alpha value is 0.170. The monoisotopic (exact) mass is 228 g/mol. The molecule has 0 atom stereocenters. The Labute approximate surface area is 58.1 Å². The smallest absolute Gasteiger partial charge is 0.356 e. The van der Waals surface area contributed by atoms with Gasteiger partial charge in [-0.1, -0.05) is 6.58 Å². The number of hydrogen-bond donors (Lipinski definition) is 0. The molecule has 0 rings (SSSR count). The standard InChI is InChI=1S/C3H2Br2O2/c1-2(4)3(6)7-5/h1H2. The Morgan fingerprint density at radius 2 is 2.14 bits per heavy atom. The lowest BCUT2D eigenvalue weighted by Crippen LogP contribution is -1.92. The summed E-state index contributed by atoms with van der Waals surface area (Å²) in [6.45, 7) is 3.24. The van der Waals surface area contributed by atoms with E-state index in [-0.39, 0.29) is 4.48 Å². The maximum absolute atomic E-state index is 10.1.